The van der Waals surface area contributed by atoms with E-state index in [1.54, 1.807) is 0 Å². The summed E-state index contributed by atoms with van der Waals surface area (Å²) in [7, 11) is 0. The first-order valence-corrected chi connectivity index (χ1v) is 14.3. The average Bonchev–Trinajstić information content (AvgIpc) is 3.45. The summed E-state index contributed by atoms with van der Waals surface area (Å²) in [6.07, 6.45) is 2.04. The Morgan fingerprint density at radius 2 is 1.09 bits per heavy atom. The molecule has 0 unspecified atom stereocenters. The van der Waals surface area contributed by atoms with Crippen LogP contribution in [0.2, 0.25) is 0 Å². The lowest BCUT2D eigenvalue weighted by atomic mass is 10.0. The van der Waals surface area contributed by atoms with Gasteiger partial charge in [-0.2, -0.15) is 0 Å². The Kier molecular flexibility index (Phi) is 5.79. The van der Waals surface area contributed by atoms with Crippen molar-refractivity contribution in [3.8, 4) is 45.4 Å². The smallest absolute Gasteiger partial charge is 0.164 e. The Bertz CT molecular complexity index is 2240. The highest BCUT2D eigenvalue weighted by Gasteiger charge is 2.18. The van der Waals surface area contributed by atoms with Crippen LogP contribution in [-0.2, 0) is 0 Å². The summed E-state index contributed by atoms with van der Waals surface area (Å²) >= 11 is 0. The Morgan fingerprint density at radius 1 is 0.488 bits per heavy atom. The molecule has 0 aliphatic carbocycles. The lowest BCUT2D eigenvalue weighted by Gasteiger charge is -2.11. The van der Waals surface area contributed by atoms with Crippen LogP contribution in [0.3, 0.4) is 0 Å². The highest BCUT2D eigenvalue weighted by Crippen LogP contribution is 2.34. The first kappa shape index (κ1) is 25.0. The molecule has 0 N–H and O–H groups in total. The van der Waals surface area contributed by atoms with Crippen LogP contribution in [0.4, 0.5) is 0 Å². The van der Waals surface area contributed by atoms with Crippen LogP contribution in [0, 0.1) is 13.8 Å². The standard InChI is InChI=1S/C37H26N6/c1-23-13-17-25(18-14-23)35-40-36(26-19-15-24(2)16-20-26)42-37(41-35)28-9-7-8-27(22-28)32-34-33(29-10-3-4-11-30(29)38-32)39-31-12-5-6-21-43(31)34/h3-22H,1-2H3. The van der Waals surface area contributed by atoms with E-state index in [0.29, 0.717) is 17.5 Å². The van der Waals surface area contributed by atoms with E-state index in [-0.39, 0.29) is 0 Å². The molecule has 0 atom stereocenters. The van der Waals surface area contributed by atoms with Crippen molar-refractivity contribution < 1.29 is 0 Å². The molecule has 0 saturated carbocycles. The maximum Gasteiger partial charge on any atom is 0.164 e. The zero-order chi connectivity index (χ0) is 28.9. The van der Waals surface area contributed by atoms with Gasteiger partial charge in [0.25, 0.3) is 0 Å². The molecule has 4 heterocycles. The minimum absolute atomic E-state index is 0.609. The second-order valence-electron chi connectivity index (χ2n) is 10.8. The summed E-state index contributed by atoms with van der Waals surface area (Å²) in [5.41, 5.74) is 10.7. The van der Waals surface area contributed by atoms with Gasteiger partial charge < -0.3 is 0 Å². The summed E-state index contributed by atoms with van der Waals surface area (Å²) in [6.45, 7) is 4.15. The van der Waals surface area contributed by atoms with Gasteiger partial charge in [0.1, 0.15) is 11.2 Å². The van der Waals surface area contributed by atoms with Crippen molar-refractivity contribution >= 4 is 27.6 Å². The van der Waals surface area contributed by atoms with Gasteiger partial charge in [0.05, 0.1) is 16.7 Å². The molecule has 4 aromatic carbocycles. The second-order valence-corrected chi connectivity index (χ2v) is 10.8. The largest absolute Gasteiger partial charge is 0.298 e. The van der Waals surface area contributed by atoms with Gasteiger partial charge in [-0.25, -0.2) is 24.9 Å². The molecule has 4 aromatic heterocycles. The van der Waals surface area contributed by atoms with E-state index in [9.17, 15) is 0 Å². The number of aryl methyl sites for hydroxylation is 2. The first-order valence-electron chi connectivity index (χ1n) is 14.3. The summed E-state index contributed by atoms with van der Waals surface area (Å²) in [5.74, 6) is 1.89. The molecule has 204 valence electrons. The van der Waals surface area contributed by atoms with Crippen LogP contribution >= 0.6 is 0 Å². The highest BCUT2D eigenvalue weighted by atomic mass is 15.0. The van der Waals surface area contributed by atoms with E-state index in [1.807, 2.05) is 54.7 Å². The van der Waals surface area contributed by atoms with Crippen molar-refractivity contribution in [1.29, 1.82) is 0 Å². The zero-order valence-electron chi connectivity index (χ0n) is 23.7. The SMILES string of the molecule is Cc1ccc(-c2nc(-c3ccc(C)cc3)nc(-c3cccc(-c4nc5ccccc5c5nc6ccccn6c45)c3)n2)cc1. The number of hydrogen-bond donors (Lipinski definition) is 0. The number of para-hydroxylation sites is 1. The molecule has 0 fully saturated rings. The summed E-state index contributed by atoms with van der Waals surface area (Å²) < 4.78 is 2.12. The number of pyridine rings is 2. The third-order valence-electron chi connectivity index (χ3n) is 7.79. The quantitative estimate of drug-likeness (QED) is 0.218. The average molecular weight is 555 g/mol. The molecule has 43 heavy (non-hydrogen) atoms. The Balaban J connectivity index is 1.34. The van der Waals surface area contributed by atoms with Gasteiger partial charge >= 0.3 is 0 Å². The zero-order valence-corrected chi connectivity index (χ0v) is 23.7. The van der Waals surface area contributed by atoms with Crippen molar-refractivity contribution in [1.82, 2.24) is 29.3 Å². The van der Waals surface area contributed by atoms with Crippen LogP contribution < -0.4 is 0 Å². The van der Waals surface area contributed by atoms with Crippen molar-refractivity contribution in [2.24, 2.45) is 0 Å². The van der Waals surface area contributed by atoms with Gasteiger partial charge in [0, 0.05) is 33.8 Å². The number of fused-ring (bicyclic) bond motifs is 5. The molecule has 8 aromatic rings. The van der Waals surface area contributed by atoms with E-state index in [2.05, 4.69) is 85.0 Å². The molecule has 0 radical (unpaired) electrons. The molecule has 0 bridgehead atoms. The molecule has 0 aliphatic rings. The van der Waals surface area contributed by atoms with Crippen LogP contribution in [0.5, 0.6) is 0 Å². The van der Waals surface area contributed by atoms with E-state index in [1.165, 1.54) is 11.1 Å². The molecule has 6 nitrogen and oxygen atoms in total. The molecular formula is C37H26N6. The van der Waals surface area contributed by atoms with Gasteiger partial charge in [0.2, 0.25) is 0 Å². The first-order chi connectivity index (χ1) is 21.1. The topological polar surface area (TPSA) is 68.9 Å². The second kappa shape index (κ2) is 9.96. The Hall–Kier alpha value is -5.75. The van der Waals surface area contributed by atoms with Crippen molar-refractivity contribution in [2.75, 3.05) is 0 Å². The lowest BCUT2D eigenvalue weighted by Crippen LogP contribution is -2.00. The molecule has 0 saturated heterocycles. The monoisotopic (exact) mass is 554 g/mol. The van der Waals surface area contributed by atoms with Gasteiger partial charge in [-0.15, -0.1) is 0 Å². The summed E-state index contributed by atoms with van der Waals surface area (Å²) in [6, 6.07) is 39.1. The van der Waals surface area contributed by atoms with Crippen LogP contribution in [0.1, 0.15) is 11.1 Å². The molecule has 8 rings (SSSR count). The van der Waals surface area contributed by atoms with Crippen molar-refractivity contribution in [3.05, 3.63) is 133 Å². The van der Waals surface area contributed by atoms with Gasteiger partial charge in [0.15, 0.2) is 17.5 Å². The minimum Gasteiger partial charge on any atom is -0.298 e. The van der Waals surface area contributed by atoms with Crippen LogP contribution in [0.15, 0.2) is 121 Å². The fourth-order valence-corrected chi connectivity index (χ4v) is 5.53. The number of imidazole rings is 1. The minimum atomic E-state index is 0.609. The van der Waals surface area contributed by atoms with E-state index in [0.717, 1.165) is 55.5 Å². The fraction of sp³-hybridized carbons (Fsp3) is 0.0541. The maximum atomic E-state index is 5.16. The fourth-order valence-electron chi connectivity index (χ4n) is 5.53. The third kappa shape index (κ3) is 4.41. The van der Waals surface area contributed by atoms with Crippen molar-refractivity contribution in [3.63, 3.8) is 0 Å². The number of aromatic nitrogens is 6. The molecule has 0 amide bonds. The van der Waals surface area contributed by atoms with Crippen LogP contribution in [0.25, 0.3) is 73.0 Å². The maximum absolute atomic E-state index is 5.16. The summed E-state index contributed by atoms with van der Waals surface area (Å²) in [5, 5.41) is 1.03. The van der Waals surface area contributed by atoms with Gasteiger partial charge in [-0.3, -0.25) is 4.40 Å². The summed E-state index contributed by atoms with van der Waals surface area (Å²) in [4.78, 5) is 25.0. The number of nitrogens with zero attached hydrogens (tertiary/aromatic N) is 6. The van der Waals surface area contributed by atoms with E-state index >= 15 is 0 Å². The van der Waals surface area contributed by atoms with E-state index < -0.39 is 0 Å². The van der Waals surface area contributed by atoms with Gasteiger partial charge in [-0.05, 0) is 38.1 Å². The normalized spacial score (nSPS) is 11.5. The molecule has 0 aliphatic heterocycles. The third-order valence-corrected chi connectivity index (χ3v) is 7.79. The van der Waals surface area contributed by atoms with Crippen molar-refractivity contribution in [2.45, 2.75) is 13.8 Å². The van der Waals surface area contributed by atoms with Crippen LogP contribution in [-0.4, -0.2) is 29.3 Å². The predicted octanol–water partition coefficient (Wildman–Crippen LogP) is 8.51. The lowest BCUT2D eigenvalue weighted by molar-refractivity contribution is 1.07. The number of hydrogen-bond acceptors (Lipinski definition) is 5. The number of benzene rings is 4. The van der Waals surface area contributed by atoms with Gasteiger partial charge in [-0.1, -0.05) is 102 Å². The Labute approximate surface area is 248 Å². The number of rotatable bonds is 4. The predicted molar refractivity (Wildman–Crippen MR) is 173 cm³/mol. The molecule has 0 spiro atoms. The molecule has 6 heteroatoms. The Morgan fingerprint density at radius 3 is 1.79 bits per heavy atom. The molecular weight excluding hydrogens is 528 g/mol. The van der Waals surface area contributed by atoms with E-state index in [4.69, 9.17) is 24.9 Å². The highest BCUT2D eigenvalue weighted by molar-refractivity contribution is 6.09.